The van der Waals surface area contributed by atoms with Crippen molar-refractivity contribution in [3.63, 3.8) is 0 Å². The van der Waals surface area contributed by atoms with Gasteiger partial charge in [-0.05, 0) is 46.8 Å². The maximum atomic E-state index is 5.80. The molecule has 1 heterocycles. The molecular formula is C10H14BrClN2S. The molecule has 15 heavy (non-hydrogen) atoms. The molecule has 1 aromatic heterocycles. The first-order valence-electron chi connectivity index (χ1n) is 4.78. The number of rotatable bonds is 6. The third-order valence-electron chi connectivity index (χ3n) is 1.88. The molecule has 0 amide bonds. The van der Waals surface area contributed by atoms with Crippen molar-refractivity contribution in [3.05, 3.63) is 21.8 Å². The third-order valence-corrected chi connectivity index (χ3v) is 3.38. The maximum absolute atomic E-state index is 5.80. The van der Waals surface area contributed by atoms with E-state index in [2.05, 4.69) is 32.5 Å². The number of hydrogen-bond acceptors (Lipinski definition) is 3. The molecule has 0 bridgehead atoms. The van der Waals surface area contributed by atoms with Crippen LogP contribution in [-0.2, 0) is 0 Å². The Morgan fingerprint density at radius 2 is 2.33 bits per heavy atom. The molecular weight excluding hydrogens is 296 g/mol. The summed E-state index contributed by atoms with van der Waals surface area (Å²) in [5, 5.41) is 3.92. The quantitative estimate of drug-likeness (QED) is 0.802. The summed E-state index contributed by atoms with van der Waals surface area (Å²) in [6.45, 7) is 0.952. The Morgan fingerprint density at radius 3 is 3.00 bits per heavy atom. The van der Waals surface area contributed by atoms with Crippen LogP contribution in [0.3, 0.4) is 0 Å². The minimum atomic E-state index is 0.648. The van der Waals surface area contributed by atoms with Gasteiger partial charge in [-0.25, -0.2) is 4.98 Å². The number of nitrogens with one attached hydrogen (secondary N) is 1. The molecule has 1 aromatic rings. The van der Waals surface area contributed by atoms with E-state index in [1.54, 1.807) is 6.20 Å². The lowest BCUT2D eigenvalue weighted by molar-refractivity contribution is 0.839. The summed E-state index contributed by atoms with van der Waals surface area (Å²) < 4.78 is 0.917. The van der Waals surface area contributed by atoms with Crippen LogP contribution < -0.4 is 5.32 Å². The molecule has 0 unspecified atom stereocenters. The maximum Gasteiger partial charge on any atom is 0.140 e. The SMILES string of the molecule is CSCCCCNc1ncc(Cl)cc1Br. The standard InChI is InChI=1S/C10H14BrClN2S/c1-15-5-3-2-4-13-10-9(11)6-8(12)7-14-10/h6-7H,2-5H2,1H3,(H,13,14). The molecule has 0 saturated heterocycles. The second kappa shape index (κ2) is 7.36. The van der Waals surface area contributed by atoms with Gasteiger partial charge in [0.25, 0.3) is 0 Å². The van der Waals surface area contributed by atoms with Crippen LogP contribution in [0.5, 0.6) is 0 Å². The fourth-order valence-corrected chi connectivity index (χ4v) is 2.39. The van der Waals surface area contributed by atoms with E-state index < -0.39 is 0 Å². The van der Waals surface area contributed by atoms with E-state index >= 15 is 0 Å². The van der Waals surface area contributed by atoms with Gasteiger partial charge in [-0.3, -0.25) is 0 Å². The Balaban J connectivity index is 2.31. The topological polar surface area (TPSA) is 24.9 Å². The fraction of sp³-hybridized carbons (Fsp3) is 0.500. The van der Waals surface area contributed by atoms with Crippen LogP contribution in [0.25, 0.3) is 0 Å². The molecule has 5 heteroatoms. The highest BCUT2D eigenvalue weighted by Gasteiger charge is 2.00. The zero-order valence-corrected chi connectivity index (χ0v) is 11.8. The zero-order chi connectivity index (χ0) is 11.1. The smallest absolute Gasteiger partial charge is 0.140 e. The summed E-state index contributed by atoms with van der Waals surface area (Å²) >= 11 is 11.1. The van der Waals surface area contributed by atoms with Gasteiger partial charge in [-0.15, -0.1) is 0 Å². The van der Waals surface area contributed by atoms with Gasteiger partial charge in [0.1, 0.15) is 5.82 Å². The van der Waals surface area contributed by atoms with Crippen molar-refractivity contribution in [2.24, 2.45) is 0 Å². The van der Waals surface area contributed by atoms with E-state index in [1.807, 2.05) is 17.8 Å². The molecule has 0 aliphatic heterocycles. The second-order valence-electron chi connectivity index (χ2n) is 3.11. The second-order valence-corrected chi connectivity index (χ2v) is 5.39. The van der Waals surface area contributed by atoms with Crippen LogP contribution in [0.1, 0.15) is 12.8 Å². The Bertz CT molecular complexity index is 309. The van der Waals surface area contributed by atoms with E-state index in [0.717, 1.165) is 23.3 Å². The summed E-state index contributed by atoms with van der Waals surface area (Å²) in [6.07, 6.45) is 6.18. The number of aromatic nitrogens is 1. The summed E-state index contributed by atoms with van der Waals surface area (Å²) in [7, 11) is 0. The highest BCUT2D eigenvalue weighted by molar-refractivity contribution is 9.10. The fourth-order valence-electron chi connectivity index (χ4n) is 1.12. The van der Waals surface area contributed by atoms with Crippen molar-refractivity contribution >= 4 is 45.1 Å². The Morgan fingerprint density at radius 1 is 1.53 bits per heavy atom. The normalized spacial score (nSPS) is 10.3. The van der Waals surface area contributed by atoms with Crippen molar-refractivity contribution in [3.8, 4) is 0 Å². The van der Waals surface area contributed by atoms with Gasteiger partial charge in [-0.1, -0.05) is 11.6 Å². The Kier molecular flexibility index (Phi) is 6.45. The monoisotopic (exact) mass is 308 g/mol. The number of pyridine rings is 1. The lowest BCUT2D eigenvalue weighted by Crippen LogP contribution is -2.04. The van der Waals surface area contributed by atoms with E-state index in [9.17, 15) is 0 Å². The summed E-state index contributed by atoms with van der Waals surface area (Å²) in [6, 6.07) is 1.85. The van der Waals surface area contributed by atoms with Crippen molar-refractivity contribution in [2.75, 3.05) is 23.9 Å². The van der Waals surface area contributed by atoms with Gasteiger partial charge >= 0.3 is 0 Å². The van der Waals surface area contributed by atoms with Crippen LogP contribution in [0, 0.1) is 0 Å². The molecule has 0 spiro atoms. The van der Waals surface area contributed by atoms with Gasteiger partial charge in [0.2, 0.25) is 0 Å². The summed E-state index contributed by atoms with van der Waals surface area (Å²) in [5.74, 6) is 2.08. The van der Waals surface area contributed by atoms with E-state index in [4.69, 9.17) is 11.6 Å². The first-order valence-corrected chi connectivity index (χ1v) is 7.34. The lowest BCUT2D eigenvalue weighted by Gasteiger charge is -2.07. The zero-order valence-electron chi connectivity index (χ0n) is 8.59. The molecule has 0 aromatic carbocycles. The molecule has 1 rings (SSSR count). The molecule has 0 atom stereocenters. The molecule has 0 aliphatic carbocycles. The van der Waals surface area contributed by atoms with Crippen molar-refractivity contribution in [1.82, 2.24) is 4.98 Å². The highest BCUT2D eigenvalue weighted by Crippen LogP contribution is 2.22. The van der Waals surface area contributed by atoms with Crippen LogP contribution in [-0.4, -0.2) is 23.5 Å². The molecule has 0 aliphatic rings. The van der Waals surface area contributed by atoms with Crippen LogP contribution in [0.4, 0.5) is 5.82 Å². The van der Waals surface area contributed by atoms with E-state index in [1.165, 1.54) is 12.2 Å². The average molecular weight is 310 g/mol. The highest BCUT2D eigenvalue weighted by atomic mass is 79.9. The first kappa shape index (κ1) is 13.1. The number of unbranched alkanes of at least 4 members (excludes halogenated alkanes) is 1. The van der Waals surface area contributed by atoms with Crippen molar-refractivity contribution in [2.45, 2.75) is 12.8 Å². The first-order chi connectivity index (χ1) is 7.24. The van der Waals surface area contributed by atoms with Gasteiger partial charge < -0.3 is 5.32 Å². The van der Waals surface area contributed by atoms with Gasteiger partial charge in [0.15, 0.2) is 0 Å². The minimum absolute atomic E-state index is 0.648. The number of hydrogen-bond donors (Lipinski definition) is 1. The molecule has 0 fully saturated rings. The van der Waals surface area contributed by atoms with Crippen molar-refractivity contribution < 1.29 is 0 Å². The number of halogens is 2. The largest absolute Gasteiger partial charge is 0.369 e. The summed E-state index contributed by atoms with van der Waals surface area (Å²) in [5.41, 5.74) is 0. The third kappa shape index (κ3) is 5.09. The average Bonchev–Trinajstić information content (AvgIpc) is 2.20. The van der Waals surface area contributed by atoms with Gasteiger partial charge in [-0.2, -0.15) is 11.8 Å². The van der Waals surface area contributed by atoms with E-state index in [0.29, 0.717) is 5.02 Å². The molecule has 1 N–H and O–H groups in total. The van der Waals surface area contributed by atoms with E-state index in [-0.39, 0.29) is 0 Å². The number of nitrogens with zero attached hydrogens (tertiary/aromatic N) is 1. The molecule has 2 nitrogen and oxygen atoms in total. The molecule has 84 valence electrons. The predicted molar refractivity (Wildman–Crippen MR) is 73.1 cm³/mol. The summed E-state index contributed by atoms with van der Waals surface area (Å²) in [4.78, 5) is 4.20. The Hall–Kier alpha value is 0.0700. The molecule has 0 saturated carbocycles. The van der Waals surface area contributed by atoms with Gasteiger partial charge in [0.05, 0.1) is 9.50 Å². The lowest BCUT2D eigenvalue weighted by atomic mass is 10.3. The van der Waals surface area contributed by atoms with Crippen molar-refractivity contribution in [1.29, 1.82) is 0 Å². The van der Waals surface area contributed by atoms with Gasteiger partial charge in [0, 0.05) is 12.7 Å². The number of thioether (sulfide) groups is 1. The number of anilines is 1. The molecule has 0 radical (unpaired) electrons. The van der Waals surface area contributed by atoms with Crippen LogP contribution in [0.15, 0.2) is 16.7 Å². The minimum Gasteiger partial charge on any atom is -0.369 e. The predicted octanol–water partition coefficient (Wildman–Crippen LogP) is 4.05. The Labute approximate surface area is 108 Å². The van der Waals surface area contributed by atoms with Crippen LogP contribution >= 0.6 is 39.3 Å². The van der Waals surface area contributed by atoms with Crippen LogP contribution in [0.2, 0.25) is 5.02 Å².